The molecule has 1 amide bonds. The standard InChI is InChI=1S/C27H26F3N3O3S/c1-4-36-25(35)22-23(17-8-6-5-7-9-17)32-26-33(20(15-37-26)14-21(34)31-16(2)3)24(22)18-10-12-19(13-11-18)27(28,29)30/h5-13,15-16,24H,4,14H2,1-3H3,(H,31,34). The molecule has 10 heteroatoms. The number of amides is 1. The van der Waals surface area contributed by atoms with Crippen LogP contribution in [0.1, 0.15) is 49.9 Å². The van der Waals surface area contributed by atoms with E-state index in [0.717, 1.165) is 12.1 Å². The third-order valence-corrected chi connectivity index (χ3v) is 6.59. The number of halogens is 3. The van der Waals surface area contributed by atoms with Gasteiger partial charge >= 0.3 is 12.1 Å². The number of alkyl halides is 3. The van der Waals surface area contributed by atoms with Crippen molar-refractivity contribution in [1.29, 1.82) is 0 Å². The largest absolute Gasteiger partial charge is 0.463 e. The summed E-state index contributed by atoms with van der Waals surface area (Å²) in [4.78, 5) is 32.5. The molecule has 0 spiro atoms. The highest BCUT2D eigenvalue weighted by atomic mass is 32.2. The van der Waals surface area contributed by atoms with Crippen LogP contribution in [0.2, 0.25) is 0 Å². The van der Waals surface area contributed by atoms with E-state index in [2.05, 4.69) is 5.32 Å². The topological polar surface area (TPSA) is 71.0 Å². The number of hydrogen-bond acceptors (Lipinski definition) is 6. The number of nitrogens with zero attached hydrogens (tertiary/aromatic N) is 2. The van der Waals surface area contributed by atoms with Crippen LogP contribution in [0.15, 0.2) is 76.3 Å². The molecule has 2 aliphatic heterocycles. The van der Waals surface area contributed by atoms with Gasteiger partial charge < -0.3 is 15.0 Å². The molecule has 0 aromatic heterocycles. The van der Waals surface area contributed by atoms with E-state index in [0.29, 0.717) is 27.7 Å². The summed E-state index contributed by atoms with van der Waals surface area (Å²) in [5, 5.41) is 5.15. The van der Waals surface area contributed by atoms with Crippen LogP contribution in [0.25, 0.3) is 5.70 Å². The Labute approximate surface area is 217 Å². The van der Waals surface area contributed by atoms with Crippen molar-refractivity contribution in [2.24, 2.45) is 4.99 Å². The van der Waals surface area contributed by atoms with E-state index < -0.39 is 23.8 Å². The Morgan fingerprint density at radius 2 is 1.78 bits per heavy atom. The minimum Gasteiger partial charge on any atom is -0.463 e. The second-order valence-corrected chi connectivity index (χ2v) is 9.60. The fourth-order valence-electron chi connectivity index (χ4n) is 4.20. The van der Waals surface area contributed by atoms with Crippen LogP contribution in [0.3, 0.4) is 0 Å². The Morgan fingerprint density at radius 3 is 2.38 bits per heavy atom. The number of thioether (sulfide) groups is 1. The van der Waals surface area contributed by atoms with Crippen LogP contribution in [-0.2, 0) is 20.5 Å². The van der Waals surface area contributed by atoms with Crippen LogP contribution in [-0.4, -0.2) is 34.6 Å². The van der Waals surface area contributed by atoms with Gasteiger partial charge in [0, 0.05) is 17.3 Å². The molecule has 0 radical (unpaired) electrons. The predicted octanol–water partition coefficient (Wildman–Crippen LogP) is 5.90. The van der Waals surface area contributed by atoms with Crippen LogP contribution in [0.5, 0.6) is 0 Å². The van der Waals surface area contributed by atoms with Crippen molar-refractivity contribution in [3.05, 3.63) is 88.0 Å². The smallest absolute Gasteiger partial charge is 0.416 e. The predicted molar refractivity (Wildman–Crippen MR) is 137 cm³/mol. The molecule has 4 rings (SSSR count). The zero-order valence-electron chi connectivity index (χ0n) is 20.5. The van der Waals surface area contributed by atoms with Gasteiger partial charge in [-0.25, -0.2) is 9.79 Å². The maximum Gasteiger partial charge on any atom is 0.416 e. The average molecular weight is 530 g/mol. The zero-order valence-corrected chi connectivity index (χ0v) is 21.3. The summed E-state index contributed by atoms with van der Waals surface area (Å²) in [5.41, 5.74) is 1.46. The first-order chi connectivity index (χ1) is 17.6. The van der Waals surface area contributed by atoms with Crippen molar-refractivity contribution >= 4 is 34.5 Å². The number of nitrogens with one attached hydrogen (secondary N) is 1. The molecule has 6 nitrogen and oxygen atoms in total. The molecule has 1 atom stereocenters. The molecule has 2 aromatic rings. The minimum atomic E-state index is -4.50. The number of hydrogen-bond donors (Lipinski definition) is 1. The number of carbonyl (C=O) groups excluding carboxylic acids is 2. The molecule has 2 aliphatic rings. The second-order valence-electron chi connectivity index (χ2n) is 8.76. The van der Waals surface area contributed by atoms with Crippen LogP contribution in [0, 0.1) is 0 Å². The number of carbonyl (C=O) groups is 2. The van der Waals surface area contributed by atoms with E-state index >= 15 is 0 Å². The Bertz CT molecular complexity index is 1270. The first-order valence-electron chi connectivity index (χ1n) is 11.8. The number of ether oxygens (including phenoxy) is 1. The van der Waals surface area contributed by atoms with Crippen LogP contribution >= 0.6 is 11.8 Å². The first kappa shape index (κ1) is 26.5. The van der Waals surface area contributed by atoms with Crippen LogP contribution < -0.4 is 5.32 Å². The van der Waals surface area contributed by atoms with E-state index in [4.69, 9.17) is 9.73 Å². The van der Waals surface area contributed by atoms with E-state index in [-0.39, 0.29) is 30.5 Å². The fourth-order valence-corrected chi connectivity index (χ4v) is 5.11. The Hall–Kier alpha value is -3.53. The maximum absolute atomic E-state index is 13.4. The van der Waals surface area contributed by atoms with Gasteiger partial charge in [0.2, 0.25) is 5.91 Å². The summed E-state index contributed by atoms with van der Waals surface area (Å²) in [5.74, 6) is -0.846. The summed E-state index contributed by atoms with van der Waals surface area (Å²) in [6.45, 7) is 5.48. The lowest BCUT2D eigenvalue weighted by Crippen LogP contribution is -2.38. The molecular formula is C27H26F3N3O3S. The quantitative estimate of drug-likeness (QED) is 0.453. The van der Waals surface area contributed by atoms with Crippen molar-refractivity contribution in [2.45, 2.75) is 45.5 Å². The van der Waals surface area contributed by atoms with Gasteiger partial charge in [-0.1, -0.05) is 54.2 Å². The van der Waals surface area contributed by atoms with Gasteiger partial charge in [0.25, 0.3) is 0 Å². The lowest BCUT2D eigenvalue weighted by Gasteiger charge is -2.37. The zero-order chi connectivity index (χ0) is 26.7. The van der Waals surface area contributed by atoms with Crippen LogP contribution in [0.4, 0.5) is 13.2 Å². The van der Waals surface area contributed by atoms with Gasteiger partial charge in [-0.2, -0.15) is 13.2 Å². The summed E-state index contributed by atoms with van der Waals surface area (Å²) in [7, 11) is 0. The lowest BCUT2D eigenvalue weighted by atomic mass is 9.91. The summed E-state index contributed by atoms with van der Waals surface area (Å²) >= 11 is 1.29. The number of esters is 1. The number of fused-ring (bicyclic) bond motifs is 1. The van der Waals surface area contributed by atoms with E-state index in [1.807, 2.05) is 44.2 Å². The highest BCUT2D eigenvalue weighted by Gasteiger charge is 2.42. The highest BCUT2D eigenvalue weighted by Crippen LogP contribution is 2.47. The molecule has 1 unspecified atom stereocenters. The first-order valence-corrected chi connectivity index (χ1v) is 12.6. The summed E-state index contributed by atoms with van der Waals surface area (Å²) in [6.07, 6.45) is -4.49. The third-order valence-electron chi connectivity index (χ3n) is 5.70. The van der Waals surface area contributed by atoms with Gasteiger partial charge in [-0.15, -0.1) is 0 Å². The van der Waals surface area contributed by atoms with E-state index in [1.165, 1.54) is 23.9 Å². The SMILES string of the molecule is CCOC(=O)C1=C(c2ccccc2)N=C2SC=C(CC(=O)NC(C)C)N2C1c1ccc(C(F)(F)F)cc1. The third kappa shape index (κ3) is 5.74. The molecule has 0 fully saturated rings. The van der Waals surface area contributed by atoms with E-state index in [1.54, 1.807) is 17.2 Å². The van der Waals surface area contributed by atoms with Gasteiger partial charge in [-0.05, 0) is 43.9 Å². The van der Waals surface area contributed by atoms with Crippen molar-refractivity contribution < 1.29 is 27.5 Å². The average Bonchev–Trinajstić information content (AvgIpc) is 3.24. The lowest BCUT2D eigenvalue weighted by molar-refractivity contribution is -0.139. The molecule has 0 aliphatic carbocycles. The summed E-state index contributed by atoms with van der Waals surface area (Å²) < 4.78 is 45.3. The van der Waals surface area contributed by atoms with E-state index in [9.17, 15) is 22.8 Å². The normalized spacial score (nSPS) is 17.4. The Balaban J connectivity index is 1.88. The number of amidine groups is 1. The number of benzene rings is 2. The molecule has 2 aromatic carbocycles. The maximum atomic E-state index is 13.4. The van der Waals surface area contributed by atoms with Gasteiger partial charge in [0.05, 0.1) is 35.9 Å². The molecule has 0 bridgehead atoms. The fraction of sp³-hybridized carbons (Fsp3) is 0.296. The van der Waals surface area contributed by atoms with Crippen molar-refractivity contribution in [2.75, 3.05) is 6.61 Å². The van der Waals surface area contributed by atoms with Gasteiger partial charge in [-0.3, -0.25) is 4.79 Å². The molecule has 0 saturated heterocycles. The molecule has 194 valence electrons. The second kappa shape index (κ2) is 10.8. The van der Waals surface area contributed by atoms with Crippen molar-refractivity contribution in [1.82, 2.24) is 10.2 Å². The number of rotatable bonds is 7. The molecule has 2 heterocycles. The van der Waals surface area contributed by atoms with Gasteiger partial charge in [0.1, 0.15) is 0 Å². The molecule has 1 N–H and O–H groups in total. The molecule has 37 heavy (non-hydrogen) atoms. The minimum absolute atomic E-state index is 0.0120. The monoisotopic (exact) mass is 529 g/mol. The molecular weight excluding hydrogens is 503 g/mol. The number of aliphatic imine (C=N–C) groups is 1. The molecule has 0 saturated carbocycles. The van der Waals surface area contributed by atoms with Gasteiger partial charge in [0.15, 0.2) is 5.17 Å². The van der Waals surface area contributed by atoms with Crippen molar-refractivity contribution in [3.8, 4) is 0 Å². The Morgan fingerprint density at radius 1 is 1.11 bits per heavy atom. The summed E-state index contributed by atoms with van der Waals surface area (Å²) in [6, 6.07) is 12.8. The Kier molecular flexibility index (Phi) is 7.77. The highest BCUT2D eigenvalue weighted by molar-refractivity contribution is 8.16. The van der Waals surface area contributed by atoms with Crippen molar-refractivity contribution in [3.63, 3.8) is 0 Å².